The lowest BCUT2D eigenvalue weighted by Crippen LogP contribution is -2.23. The predicted octanol–water partition coefficient (Wildman–Crippen LogP) is 3.38. The van der Waals surface area contributed by atoms with E-state index in [9.17, 15) is 0 Å². The van der Waals surface area contributed by atoms with Crippen molar-refractivity contribution in [1.29, 1.82) is 0 Å². The van der Waals surface area contributed by atoms with Crippen molar-refractivity contribution in [3.63, 3.8) is 0 Å². The van der Waals surface area contributed by atoms with Gasteiger partial charge in [-0.2, -0.15) is 0 Å². The monoisotopic (exact) mass is 265 g/mol. The van der Waals surface area contributed by atoms with Gasteiger partial charge in [0, 0.05) is 6.54 Å². The Bertz CT molecular complexity index is 554. The van der Waals surface area contributed by atoms with E-state index in [2.05, 4.69) is 35.5 Å². The molecule has 0 amide bonds. The fourth-order valence-electron chi connectivity index (χ4n) is 1.77. The Hall–Kier alpha value is -2.24. The molecule has 0 spiro atoms. The smallest absolute Gasteiger partial charge is 0.119 e. The van der Waals surface area contributed by atoms with Gasteiger partial charge in [0.15, 0.2) is 0 Å². The van der Waals surface area contributed by atoms with Crippen molar-refractivity contribution in [2.45, 2.75) is 26.1 Å². The Balaban J connectivity index is 1.84. The third kappa shape index (κ3) is 4.46. The zero-order valence-corrected chi connectivity index (χ0v) is 11.7. The third-order valence-electron chi connectivity index (χ3n) is 3.03. The molecule has 102 valence electrons. The molecular weight excluding hydrogens is 246 g/mol. The fourth-order valence-corrected chi connectivity index (χ4v) is 1.77. The Kier molecular flexibility index (Phi) is 5.23. The summed E-state index contributed by atoms with van der Waals surface area (Å²) in [4.78, 5) is 0. The van der Waals surface area contributed by atoms with E-state index in [1.807, 2.05) is 37.3 Å². The van der Waals surface area contributed by atoms with E-state index in [0.29, 0.717) is 6.61 Å². The molecule has 2 nitrogen and oxygen atoms in total. The van der Waals surface area contributed by atoms with Crippen LogP contribution in [0.2, 0.25) is 0 Å². The molecule has 0 saturated carbocycles. The second-order valence-corrected chi connectivity index (χ2v) is 4.69. The van der Waals surface area contributed by atoms with E-state index in [-0.39, 0.29) is 6.04 Å². The summed E-state index contributed by atoms with van der Waals surface area (Å²) in [6, 6.07) is 18.3. The quantitative estimate of drug-likeness (QED) is 0.808. The van der Waals surface area contributed by atoms with Crippen molar-refractivity contribution in [2.75, 3.05) is 0 Å². The summed E-state index contributed by atoms with van der Waals surface area (Å²) in [6.07, 6.45) is 5.32. The lowest BCUT2D eigenvalue weighted by atomic mass is 10.2. The first-order valence-corrected chi connectivity index (χ1v) is 6.73. The van der Waals surface area contributed by atoms with Crippen molar-refractivity contribution in [1.82, 2.24) is 5.32 Å². The van der Waals surface area contributed by atoms with Crippen molar-refractivity contribution in [3.8, 4) is 18.1 Å². The van der Waals surface area contributed by atoms with Gasteiger partial charge in [0.2, 0.25) is 0 Å². The highest BCUT2D eigenvalue weighted by molar-refractivity contribution is 5.28. The summed E-state index contributed by atoms with van der Waals surface area (Å²) in [6.45, 7) is 3.33. The molecule has 0 aliphatic rings. The number of ether oxygens (including phenoxy) is 1. The standard InChI is InChI=1S/C18H19NO/c1-3-15(2)19-13-16-9-11-18(12-10-16)20-14-17-7-5-4-6-8-17/h1,4-12,15,19H,13-14H2,2H3. The molecule has 1 atom stereocenters. The van der Waals surface area contributed by atoms with Gasteiger partial charge in [-0.15, -0.1) is 6.42 Å². The van der Waals surface area contributed by atoms with E-state index < -0.39 is 0 Å². The first-order valence-electron chi connectivity index (χ1n) is 6.73. The lowest BCUT2D eigenvalue weighted by Gasteiger charge is -2.09. The van der Waals surface area contributed by atoms with E-state index in [1.54, 1.807) is 0 Å². The summed E-state index contributed by atoms with van der Waals surface area (Å²) in [5.74, 6) is 3.53. The molecule has 2 aromatic carbocycles. The maximum absolute atomic E-state index is 5.74. The molecule has 0 bridgehead atoms. The van der Waals surface area contributed by atoms with Crippen LogP contribution in [-0.4, -0.2) is 6.04 Å². The van der Waals surface area contributed by atoms with Crippen LogP contribution in [0, 0.1) is 12.3 Å². The molecule has 0 radical (unpaired) electrons. The molecule has 0 aromatic heterocycles. The summed E-state index contributed by atoms with van der Waals surface area (Å²) < 4.78 is 5.74. The highest BCUT2D eigenvalue weighted by Gasteiger charge is 1.99. The van der Waals surface area contributed by atoms with Crippen LogP contribution in [-0.2, 0) is 13.2 Å². The van der Waals surface area contributed by atoms with Crippen LogP contribution in [0.3, 0.4) is 0 Å². The van der Waals surface area contributed by atoms with Gasteiger partial charge in [0.1, 0.15) is 12.4 Å². The number of hydrogen-bond donors (Lipinski definition) is 1. The Labute approximate surface area is 120 Å². The highest BCUT2D eigenvalue weighted by Crippen LogP contribution is 2.14. The minimum Gasteiger partial charge on any atom is -0.489 e. The van der Waals surface area contributed by atoms with Gasteiger partial charge in [0.25, 0.3) is 0 Å². The Morgan fingerprint density at radius 3 is 2.40 bits per heavy atom. The molecule has 1 unspecified atom stereocenters. The molecular formula is C18H19NO. The number of rotatable bonds is 6. The number of nitrogens with one attached hydrogen (secondary N) is 1. The largest absolute Gasteiger partial charge is 0.489 e. The maximum Gasteiger partial charge on any atom is 0.119 e. The summed E-state index contributed by atoms with van der Waals surface area (Å²) >= 11 is 0. The van der Waals surface area contributed by atoms with Gasteiger partial charge in [-0.1, -0.05) is 48.4 Å². The molecule has 0 saturated heterocycles. The Morgan fingerprint density at radius 1 is 1.05 bits per heavy atom. The summed E-state index contributed by atoms with van der Waals surface area (Å²) in [5, 5.41) is 3.25. The van der Waals surface area contributed by atoms with Gasteiger partial charge in [-0.3, -0.25) is 5.32 Å². The minimum absolute atomic E-state index is 0.0870. The first kappa shape index (κ1) is 14.2. The van der Waals surface area contributed by atoms with Gasteiger partial charge >= 0.3 is 0 Å². The Morgan fingerprint density at radius 2 is 1.75 bits per heavy atom. The molecule has 2 rings (SSSR count). The molecule has 0 aliphatic heterocycles. The van der Waals surface area contributed by atoms with Gasteiger partial charge < -0.3 is 4.74 Å². The number of terminal acetylenes is 1. The number of hydrogen-bond acceptors (Lipinski definition) is 2. The van der Waals surface area contributed by atoms with Crippen molar-refractivity contribution in [3.05, 3.63) is 65.7 Å². The van der Waals surface area contributed by atoms with Gasteiger partial charge in [0.05, 0.1) is 6.04 Å². The third-order valence-corrected chi connectivity index (χ3v) is 3.03. The normalized spacial score (nSPS) is 11.6. The van der Waals surface area contributed by atoms with Crippen LogP contribution < -0.4 is 10.1 Å². The summed E-state index contributed by atoms with van der Waals surface area (Å²) in [7, 11) is 0. The maximum atomic E-state index is 5.74. The van der Waals surface area contributed by atoms with E-state index in [4.69, 9.17) is 11.2 Å². The van der Waals surface area contributed by atoms with E-state index in [0.717, 1.165) is 12.3 Å². The summed E-state index contributed by atoms with van der Waals surface area (Å²) in [5.41, 5.74) is 2.36. The molecule has 0 aliphatic carbocycles. The van der Waals surface area contributed by atoms with Gasteiger partial charge in [-0.05, 0) is 30.2 Å². The van der Waals surface area contributed by atoms with Crippen molar-refractivity contribution in [2.24, 2.45) is 0 Å². The average molecular weight is 265 g/mol. The SMILES string of the molecule is C#CC(C)NCc1ccc(OCc2ccccc2)cc1. The zero-order chi connectivity index (χ0) is 14.2. The van der Waals surface area contributed by atoms with Crippen LogP contribution in [0.1, 0.15) is 18.1 Å². The zero-order valence-electron chi connectivity index (χ0n) is 11.7. The lowest BCUT2D eigenvalue weighted by molar-refractivity contribution is 0.306. The van der Waals surface area contributed by atoms with Crippen LogP contribution in [0.5, 0.6) is 5.75 Å². The van der Waals surface area contributed by atoms with E-state index in [1.165, 1.54) is 11.1 Å². The molecule has 0 heterocycles. The predicted molar refractivity (Wildman–Crippen MR) is 82.4 cm³/mol. The minimum atomic E-state index is 0.0870. The molecule has 0 fully saturated rings. The first-order chi connectivity index (χ1) is 9.78. The van der Waals surface area contributed by atoms with Crippen LogP contribution in [0.25, 0.3) is 0 Å². The molecule has 2 aromatic rings. The van der Waals surface area contributed by atoms with Crippen molar-refractivity contribution >= 4 is 0 Å². The molecule has 2 heteroatoms. The molecule has 1 N–H and O–H groups in total. The highest BCUT2D eigenvalue weighted by atomic mass is 16.5. The topological polar surface area (TPSA) is 21.3 Å². The van der Waals surface area contributed by atoms with Crippen LogP contribution in [0.4, 0.5) is 0 Å². The van der Waals surface area contributed by atoms with Gasteiger partial charge in [-0.25, -0.2) is 0 Å². The molecule has 20 heavy (non-hydrogen) atoms. The second-order valence-electron chi connectivity index (χ2n) is 4.69. The van der Waals surface area contributed by atoms with Crippen molar-refractivity contribution < 1.29 is 4.74 Å². The number of benzene rings is 2. The average Bonchev–Trinajstić information content (AvgIpc) is 2.52. The van der Waals surface area contributed by atoms with E-state index >= 15 is 0 Å². The van der Waals surface area contributed by atoms with Crippen LogP contribution in [0.15, 0.2) is 54.6 Å². The second kappa shape index (κ2) is 7.37. The fraction of sp³-hybridized carbons (Fsp3) is 0.222. The van der Waals surface area contributed by atoms with Crippen LogP contribution >= 0.6 is 0 Å².